The summed E-state index contributed by atoms with van der Waals surface area (Å²) in [5.41, 5.74) is -1.06. The molecule has 14 heteroatoms. The zero-order chi connectivity index (χ0) is 30.5. The Hall–Kier alpha value is -3.26. The molecular formula is C29H36F3N5O4S2. The lowest BCUT2D eigenvalue weighted by Gasteiger charge is -2.34. The summed E-state index contributed by atoms with van der Waals surface area (Å²) in [7, 11) is -4.14. The Morgan fingerprint density at radius 2 is 1.79 bits per heavy atom. The van der Waals surface area contributed by atoms with E-state index in [4.69, 9.17) is 9.72 Å². The third-order valence-corrected chi connectivity index (χ3v) is 9.42. The number of sulfonamides is 1. The first-order valence-corrected chi connectivity index (χ1v) is 15.3. The van der Waals surface area contributed by atoms with E-state index < -0.39 is 27.5 Å². The first-order chi connectivity index (χ1) is 19.6. The van der Waals surface area contributed by atoms with Gasteiger partial charge in [-0.05, 0) is 76.6 Å². The Bertz CT molecular complexity index is 1590. The molecule has 5 rings (SSSR count). The summed E-state index contributed by atoms with van der Waals surface area (Å²) in [5.74, 6) is 0.272. The quantitative estimate of drug-likeness (QED) is 0.328. The fourth-order valence-corrected chi connectivity index (χ4v) is 6.52. The number of halogens is 3. The molecule has 0 spiro atoms. The van der Waals surface area contributed by atoms with Crippen molar-refractivity contribution in [2.75, 3.05) is 18.1 Å². The van der Waals surface area contributed by atoms with Crippen LogP contribution in [0.25, 0.3) is 5.82 Å². The minimum atomic E-state index is -4.25. The fraction of sp³-hybridized carbons (Fsp3) is 0.483. The van der Waals surface area contributed by atoms with Gasteiger partial charge in [-0.2, -0.15) is 26.7 Å². The number of pyridine rings is 1. The molecule has 1 atom stereocenters. The predicted octanol–water partition coefficient (Wildman–Crippen LogP) is 5.54. The molecule has 1 amide bonds. The number of benzene rings is 1. The molecule has 43 heavy (non-hydrogen) atoms. The van der Waals surface area contributed by atoms with Gasteiger partial charge in [0.1, 0.15) is 5.82 Å². The Morgan fingerprint density at radius 3 is 2.37 bits per heavy atom. The van der Waals surface area contributed by atoms with Crippen molar-refractivity contribution in [3.8, 4) is 11.7 Å². The fourth-order valence-electron chi connectivity index (χ4n) is 5.55. The molecule has 1 saturated carbocycles. The highest BCUT2D eigenvalue weighted by molar-refractivity contribution is 7.90. The van der Waals surface area contributed by atoms with Crippen LogP contribution in [0.2, 0.25) is 0 Å². The van der Waals surface area contributed by atoms with Gasteiger partial charge in [0.2, 0.25) is 5.88 Å². The molecule has 2 fully saturated rings. The van der Waals surface area contributed by atoms with Crippen molar-refractivity contribution in [2.24, 2.45) is 11.3 Å². The van der Waals surface area contributed by atoms with Crippen molar-refractivity contribution < 1.29 is 31.1 Å². The number of alkyl halides is 3. The van der Waals surface area contributed by atoms with Crippen molar-refractivity contribution in [1.29, 1.82) is 0 Å². The second-order valence-corrected chi connectivity index (χ2v) is 13.7. The van der Waals surface area contributed by atoms with Gasteiger partial charge in [-0.3, -0.25) is 4.79 Å². The number of carbonyl (C=O) groups is 1. The van der Waals surface area contributed by atoms with E-state index in [9.17, 15) is 26.4 Å². The number of aromatic nitrogens is 3. The van der Waals surface area contributed by atoms with E-state index in [1.165, 1.54) is 35.0 Å². The number of rotatable bonds is 9. The summed E-state index contributed by atoms with van der Waals surface area (Å²) in [6.07, 6.45) is -1.76. The zero-order valence-electron chi connectivity index (χ0n) is 24.4. The molecule has 0 radical (unpaired) electrons. The molecule has 234 valence electrons. The van der Waals surface area contributed by atoms with Crippen LogP contribution in [0.5, 0.6) is 5.88 Å². The minimum Gasteiger partial charge on any atom is -0.477 e. The SMILES string of the molecule is Cc1ccc(S(=O)(=O)NC(=O)c2ccc(-n3ccc(OCCC4(C(F)(F)F)CC4)n3)nc2N2C[C@@H](C)CC2(C)C)cc1.S. The van der Waals surface area contributed by atoms with Crippen LogP contribution >= 0.6 is 13.5 Å². The van der Waals surface area contributed by atoms with Gasteiger partial charge in [-0.25, -0.2) is 22.8 Å². The summed E-state index contributed by atoms with van der Waals surface area (Å²) in [6, 6.07) is 10.7. The van der Waals surface area contributed by atoms with E-state index in [-0.39, 0.29) is 61.2 Å². The van der Waals surface area contributed by atoms with Crippen LogP contribution in [0.3, 0.4) is 0 Å². The standard InChI is InChI=1S/C29H34F3N5O4S.H2S/c1-19-5-7-21(8-6-19)42(39,40)35-26(38)22-9-10-23(33-25(22)36-18-20(2)17-27(36,3)4)37-15-11-24(34-37)41-16-14-28(12-13-28)29(30,31)32;/h5-11,15,20H,12-14,16-18H2,1-4H3,(H,35,38);1H2/t20-;/m0./s1. The predicted molar refractivity (Wildman–Crippen MR) is 161 cm³/mol. The van der Waals surface area contributed by atoms with Crippen LogP contribution in [0.1, 0.15) is 62.4 Å². The van der Waals surface area contributed by atoms with Crippen LogP contribution in [0, 0.1) is 18.3 Å². The maximum atomic E-state index is 13.4. The topological polar surface area (TPSA) is 106 Å². The Kier molecular flexibility index (Phi) is 8.87. The molecule has 2 aliphatic rings. The second-order valence-electron chi connectivity index (χ2n) is 12.0. The summed E-state index contributed by atoms with van der Waals surface area (Å²) in [6.45, 7) is 8.46. The zero-order valence-corrected chi connectivity index (χ0v) is 26.2. The van der Waals surface area contributed by atoms with E-state index in [2.05, 4.69) is 16.7 Å². The summed E-state index contributed by atoms with van der Waals surface area (Å²) in [5, 5.41) is 4.32. The van der Waals surface area contributed by atoms with E-state index >= 15 is 0 Å². The largest absolute Gasteiger partial charge is 0.477 e. The molecule has 0 unspecified atom stereocenters. The summed E-state index contributed by atoms with van der Waals surface area (Å²) in [4.78, 5) is 20.1. The molecule has 3 aromatic rings. The highest BCUT2D eigenvalue weighted by Gasteiger charge is 2.62. The number of amides is 1. The minimum absolute atomic E-state index is 0. The molecular weight excluding hydrogens is 603 g/mol. The summed E-state index contributed by atoms with van der Waals surface area (Å²) < 4.78 is 74.7. The molecule has 3 heterocycles. The average Bonchev–Trinajstić information content (AvgIpc) is 3.46. The number of aryl methyl sites for hydroxylation is 1. The van der Waals surface area contributed by atoms with Gasteiger partial charge < -0.3 is 9.64 Å². The molecule has 1 aliphatic carbocycles. The van der Waals surface area contributed by atoms with E-state index in [1.54, 1.807) is 18.3 Å². The molecule has 1 saturated heterocycles. The first kappa shape index (κ1) is 32.6. The smallest absolute Gasteiger partial charge is 0.394 e. The number of anilines is 1. The van der Waals surface area contributed by atoms with Gasteiger partial charge in [0.25, 0.3) is 15.9 Å². The number of hydrogen-bond donors (Lipinski definition) is 1. The Labute approximate surface area is 256 Å². The maximum Gasteiger partial charge on any atom is 0.394 e. The molecule has 0 bridgehead atoms. The molecule has 1 aromatic carbocycles. The third-order valence-electron chi connectivity index (χ3n) is 8.08. The van der Waals surface area contributed by atoms with Crippen molar-refractivity contribution in [1.82, 2.24) is 19.5 Å². The number of ether oxygens (including phenoxy) is 1. The first-order valence-electron chi connectivity index (χ1n) is 13.8. The number of nitrogens with one attached hydrogen (secondary N) is 1. The van der Waals surface area contributed by atoms with Crippen LogP contribution in [0.4, 0.5) is 19.0 Å². The monoisotopic (exact) mass is 639 g/mol. The summed E-state index contributed by atoms with van der Waals surface area (Å²) >= 11 is 0. The van der Waals surface area contributed by atoms with Gasteiger partial charge >= 0.3 is 6.18 Å². The van der Waals surface area contributed by atoms with Gasteiger partial charge in [-0.1, -0.05) is 24.6 Å². The van der Waals surface area contributed by atoms with E-state index in [0.29, 0.717) is 24.1 Å². The maximum absolute atomic E-state index is 13.4. The van der Waals surface area contributed by atoms with Crippen LogP contribution in [-0.4, -0.2) is 54.0 Å². The lowest BCUT2D eigenvalue weighted by atomic mass is 9.97. The van der Waals surface area contributed by atoms with Gasteiger partial charge in [0, 0.05) is 24.3 Å². The Morgan fingerprint density at radius 1 is 1.12 bits per heavy atom. The van der Waals surface area contributed by atoms with Gasteiger partial charge in [0.15, 0.2) is 5.82 Å². The second kappa shape index (κ2) is 11.7. The van der Waals surface area contributed by atoms with Crippen LogP contribution in [-0.2, 0) is 10.0 Å². The Balaban J connectivity index is 0.00000423. The molecule has 9 nitrogen and oxygen atoms in total. The van der Waals surface area contributed by atoms with Crippen LogP contribution < -0.4 is 14.4 Å². The highest BCUT2D eigenvalue weighted by atomic mass is 32.2. The van der Waals surface area contributed by atoms with Crippen molar-refractivity contribution in [3.05, 3.63) is 59.8 Å². The number of hydrogen-bond acceptors (Lipinski definition) is 7. The average molecular weight is 640 g/mol. The van der Waals surface area contributed by atoms with Gasteiger partial charge in [0.05, 0.1) is 22.5 Å². The third kappa shape index (κ3) is 6.79. The van der Waals surface area contributed by atoms with Crippen molar-refractivity contribution in [2.45, 2.75) is 70.0 Å². The van der Waals surface area contributed by atoms with E-state index in [1.807, 2.05) is 25.7 Å². The highest BCUT2D eigenvalue weighted by Crippen LogP contribution is 2.59. The molecule has 1 N–H and O–H groups in total. The van der Waals surface area contributed by atoms with Gasteiger partial charge in [-0.15, -0.1) is 5.10 Å². The van der Waals surface area contributed by atoms with Crippen molar-refractivity contribution >= 4 is 35.2 Å². The van der Waals surface area contributed by atoms with E-state index in [0.717, 1.165) is 12.0 Å². The number of carbonyl (C=O) groups excluding carboxylic acids is 1. The molecule has 1 aliphatic heterocycles. The lowest BCUT2D eigenvalue weighted by molar-refractivity contribution is -0.190. The number of nitrogens with zero attached hydrogens (tertiary/aromatic N) is 4. The van der Waals surface area contributed by atoms with Crippen LogP contribution in [0.15, 0.2) is 53.6 Å². The molecule has 2 aromatic heterocycles. The normalized spacial score (nSPS) is 19.0. The van der Waals surface area contributed by atoms with Crippen molar-refractivity contribution in [3.63, 3.8) is 0 Å². The lowest BCUT2D eigenvalue weighted by Crippen LogP contribution is -2.41.